The van der Waals surface area contributed by atoms with E-state index in [9.17, 15) is 0 Å². The van der Waals surface area contributed by atoms with Crippen LogP contribution in [0.4, 0.5) is 0 Å². The Labute approximate surface area is 70.0 Å². The fraction of sp³-hybridized carbons (Fsp3) is 1.00. The van der Waals surface area contributed by atoms with Gasteiger partial charge in [-0.1, -0.05) is 0 Å². The summed E-state index contributed by atoms with van der Waals surface area (Å²) in [6, 6.07) is 1.93. The van der Waals surface area contributed by atoms with Gasteiger partial charge < -0.3 is 4.48 Å². The minimum absolute atomic E-state index is 0.880. The zero-order chi connectivity index (χ0) is 7.90. The third-order valence-electron chi connectivity index (χ3n) is 3.98. The Morgan fingerprint density at radius 3 is 2.00 bits per heavy atom. The van der Waals surface area contributed by atoms with Crippen LogP contribution in [0.5, 0.6) is 0 Å². The van der Waals surface area contributed by atoms with Crippen LogP contribution >= 0.6 is 0 Å². The highest BCUT2D eigenvalue weighted by Gasteiger charge is 2.47. The van der Waals surface area contributed by atoms with Crippen LogP contribution in [-0.4, -0.2) is 29.7 Å². The predicted molar refractivity (Wildman–Crippen MR) is 47.4 cm³/mol. The zero-order valence-corrected chi connectivity index (χ0v) is 7.84. The monoisotopic (exact) mass is 154 g/mol. The van der Waals surface area contributed by atoms with Gasteiger partial charge in [-0.15, -0.1) is 0 Å². The van der Waals surface area contributed by atoms with E-state index in [0.29, 0.717) is 0 Å². The van der Waals surface area contributed by atoms with Gasteiger partial charge >= 0.3 is 0 Å². The van der Waals surface area contributed by atoms with Crippen molar-refractivity contribution in [3.05, 3.63) is 0 Å². The van der Waals surface area contributed by atoms with Gasteiger partial charge in [-0.05, 0) is 13.8 Å². The quantitative estimate of drug-likeness (QED) is 0.508. The van der Waals surface area contributed by atoms with Gasteiger partial charge in [-0.2, -0.15) is 0 Å². The summed E-state index contributed by atoms with van der Waals surface area (Å²) in [5, 5.41) is 0. The number of rotatable bonds is 1. The molecule has 0 saturated carbocycles. The molecule has 0 atom stereocenters. The molecule has 0 aromatic heterocycles. The van der Waals surface area contributed by atoms with Crippen molar-refractivity contribution in [2.24, 2.45) is 0 Å². The molecule has 2 heterocycles. The average molecular weight is 154 g/mol. The summed E-state index contributed by atoms with van der Waals surface area (Å²) in [5.74, 6) is 0. The summed E-state index contributed by atoms with van der Waals surface area (Å²) in [4.78, 5) is 0. The maximum absolute atomic E-state index is 2.41. The van der Waals surface area contributed by atoms with Gasteiger partial charge in [0.15, 0.2) is 0 Å². The van der Waals surface area contributed by atoms with Gasteiger partial charge in [-0.3, -0.25) is 0 Å². The van der Waals surface area contributed by atoms with Crippen molar-refractivity contribution in [3.63, 3.8) is 0 Å². The van der Waals surface area contributed by atoms with Crippen molar-refractivity contribution in [3.8, 4) is 0 Å². The van der Waals surface area contributed by atoms with Crippen molar-refractivity contribution >= 4 is 0 Å². The zero-order valence-electron chi connectivity index (χ0n) is 7.84. The predicted octanol–water partition coefficient (Wildman–Crippen LogP) is 2.17. The van der Waals surface area contributed by atoms with E-state index in [1.165, 1.54) is 43.3 Å². The lowest BCUT2D eigenvalue weighted by atomic mass is 10.1. The van der Waals surface area contributed by atoms with Crippen LogP contribution in [0.25, 0.3) is 0 Å². The summed E-state index contributed by atoms with van der Waals surface area (Å²) in [7, 11) is 0. The summed E-state index contributed by atoms with van der Waals surface area (Å²) in [6.07, 6.45) is 6.00. The van der Waals surface area contributed by atoms with Crippen molar-refractivity contribution in [2.75, 3.05) is 13.1 Å². The largest absolute Gasteiger partial charge is 0.319 e. The summed E-state index contributed by atoms with van der Waals surface area (Å²) in [6.45, 7) is 7.76. The standard InChI is InChI=1S/C10H20N/c1-9(2)11-7-3-5-10(11)6-4-8-11/h9-10H,3-8H2,1-2H3/q+1. The van der Waals surface area contributed by atoms with E-state index in [1.54, 1.807) is 0 Å². The van der Waals surface area contributed by atoms with Crippen molar-refractivity contribution < 1.29 is 4.48 Å². The van der Waals surface area contributed by atoms with Gasteiger partial charge in [-0.25, -0.2) is 0 Å². The van der Waals surface area contributed by atoms with E-state index in [-0.39, 0.29) is 0 Å². The van der Waals surface area contributed by atoms with Gasteiger partial charge in [0.05, 0.1) is 25.2 Å². The molecule has 11 heavy (non-hydrogen) atoms. The number of nitrogens with zero attached hydrogens (tertiary/aromatic N) is 1. The molecule has 2 saturated heterocycles. The number of hydrogen-bond donors (Lipinski definition) is 0. The number of quaternary nitrogens is 1. The highest BCUT2D eigenvalue weighted by molar-refractivity contribution is 4.75. The maximum atomic E-state index is 2.41. The van der Waals surface area contributed by atoms with E-state index in [2.05, 4.69) is 13.8 Å². The second-order valence-electron chi connectivity index (χ2n) is 4.58. The first kappa shape index (κ1) is 7.60. The first-order chi connectivity index (χ1) is 5.26. The van der Waals surface area contributed by atoms with Gasteiger partial charge in [0, 0.05) is 25.7 Å². The highest BCUT2D eigenvalue weighted by atomic mass is 15.4. The molecule has 0 bridgehead atoms. The molecular formula is C10H20N+. The fourth-order valence-electron chi connectivity index (χ4n) is 3.32. The first-order valence-electron chi connectivity index (χ1n) is 5.12. The lowest BCUT2D eigenvalue weighted by molar-refractivity contribution is -0.947. The smallest absolute Gasteiger partial charge is 0.0896 e. The molecular weight excluding hydrogens is 134 g/mol. The Morgan fingerprint density at radius 1 is 1.09 bits per heavy atom. The molecule has 0 aromatic rings. The Hall–Kier alpha value is -0.0400. The molecule has 64 valence electrons. The van der Waals surface area contributed by atoms with Crippen LogP contribution in [0.3, 0.4) is 0 Å². The highest BCUT2D eigenvalue weighted by Crippen LogP contribution is 2.38. The van der Waals surface area contributed by atoms with E-state index >= 15 is 0 Å². The van der Waals surface area contributed by atoms with E-state index in [1.807, 2.05) is 0 Å². The molecule has 0 spiro atoms. The van der Waals surface area contributed by atoms with E-state index < -0.39 is 0 Å². The lowest BCUT2D eigenvalue weighted by Gasteiger charge is -2.39. The first-order valence-corrected chi connectivity index (χ1v) is 5.12. The molecule has 0 unspecified atom stereocenters. The molecule has 0 aliphatic carbocycles. The average Bonchev–Trinajstić information content (AvgIpc) is 2.40. The Morgan fingerprint density at radius 2 is 1.64 bits per heavy atom. The van der Waals surface area contributed by atoms with Gasteiger partial charge in [0.2, 0.25) is 0 Å². The molecule has 2 aliphatic rings. The molecule has 0 amide bonds. The van der Waals surface area contributed by atoms with Crippen LogP contribution in [0.2, 0.25) is 0 Å². The van der Waals surface area contributed by atoms with Crippen LogP contribution in [0.1, 0.15) is 39.5 Å². The minimum atomic E-state index is 0.880. The third-order valence-corrected chi connectivity index (χ3v) is 3.98. The minimum Gasteiger partial charge on any atom is -0.319 e. The molecule has 0 radical (unpaired) electrons. The molecule has 0 aromatic carbocycles. The Balaban J connectivity index is 2.20. The Kier molecular flexibility index (Phi) is 1.71. The fourth-order valence-corrected chi connectivity index (χ4v) is 3.32. The molecule has 1 nitrogen and oxygen atoms in total. The maximum Gasteiger partial charge on any atom is 0.0896 e. The number of fused-ring (bicyclic) bond motifs is 1. The third kappa shape index (κ3) is 0.936. The SMILES string of the molecule is CC(C)[N+]12CCCC1CCC2. The van der Waals surface area contributed by atoms with Gasteiger partial charge in [0.1, 0.15) is 0 Å². The molecule has 2 rings (SSSR count). The van der Waals surface area contributed by atoms with Crippen LogP contribution in [0, 0.1) is 0 Å². The summed E-state index contributed by atoms with van der Waals surface area (Å²) >= 11 is 0. The molecule has 2 aliphatic heterocycles. The second kappa shape index (κ2) is 2.48. The van der Waals surface area contributed by atoms with Crippen molar-refractivity contribution in [1.29, 1.82) is 0 Å². The van der Waals surface area contributed by atoms with Crippen LogP contribution in [-0.2, 0) is 0 Å². The van der Waals surface area contributed by atoms with E-state index in [0.717, 1.165) is 12.1 Å². The molecule has 0 N–H and O–H groups in total. The van der Waals surface area contributed by atoms with Gasteiger partial charge in [0.25, 0.3) is 0 Å². The van der Waals surface area contributed by atoms with E-state index in [4.69, 9.17) is 0 Å². The topological polar surface area (TPSA) is 0 Å². The molecule has 2 fully saturated rings. The summed E-state index contributed by atoms with van der Waals surface area (Å²) in [5.41, 5.74) is 0. The van der Waals surface area contributed by atoms with Crippen molar-refractivity contribution in [1.82, 2.24) is 0 Å². The number of hydrogen-bond acceptors (Lipinski definition) is 0. The van der Waals surface area contributed by atoms with Crippen molar-refractivity contribution in [2.45, 2.75) is 51.6 Å². The Bertz CT molecular complexity index is 141. The second-order valence-corrected chi connectivity index (χ2v) is 4.58. The lowest BCUT2D eigenvalue weighted by Crippen LogP contribution is -2.52. The van der Waals surface area contributed by atoms with Crippen LogP contribution < -0.4 is 0 Å². The summed E-state index contributed by atoms with van der Waals surface area (Å²) < 4.78 is 1.47. The van der Waals surface area contributed by atoms with Crippen LogP contribution in [0.15, 0.2) is 0 Å². The molecule has 1 heteroatoms. The normalized spacial score (nSPS) is 43.4.